The van der Waals surface area contributed by atoms with Gasteiger partial charge in [0.2, 0.25) is 0 Å². The van der Waals surface area contributed by atoms with E-state index >= 15 is 0 Å². The van der Waals surface area contributed by atoms with Crippen molar-refractivity contribution in [2.24, 2.45) is 58.1 Å². The smallest absolute Gasteiger partial charge is 0.317 e. The predicted octanol–water partition coefficient (Wildman–Crippen LogP) is 2.78. The molecule has 0 aromatic rings. The molecule has 1 fully saturated rings. The molecule has 22 unspecified atom stereocenters. The Morgan fingerprint density at radius 2 is 1.36 bits per heavy atom. The summed E-state index contributed by atoms with van der Waals surface area (Å²) in [7, 11) is 1.63. The number of hydrogen-bond donors (Lipinski definition) is 15. The molecule has 0 amide bonds. The van der Waals surface area contributed by atoms with Crippen LogP contribution in [-0.4, -0.2) is 201 Å². The summed E-state index contributed by atoms with van der Waals surface area (Å²) in [5.74, 6) is -10.9. The molecule has 1 saturated heterocycles. The first-order chi connectivity index (χ1) is 40.3. The third-order valence-electron chi connectivity index (χ3n) is 17.2. The molecule has 2 heterocycles. The minimum Gasteiger partial charge on any atom is -0.481 e. The van der Waals surface area contributed by atoms with Crippen molar-refractivity contribution in [1.29, 1.82) is 0 Å². The summed E-state index contributed by atoms with van der Waals surface area (Å²) < 4.78 is 23.1. The molecule has 0 spiro atoms. The lowest BCUT2D eigenvalue weighted by Crippen LogP contribution is -2.60. The zero-order chi connectivity index (χ0) is 65.0. The van der Waals surface area contributed by atoms with Crippen molar-refractivity contribution < 1.29 is 105 Å². The standard InChI is InChI=1S/C62H109N3O21/c1-35(18-14-12-10-11-13-17-25-65-61(63)64-9)26-39(5)58-38(4)19-15-16-20-46(67)40(6)50(71)28-43(66)27-44(83-56(78)32-54(74)75)29-45-30-53(84-57(79)33-55(76)77)59(80)62(82,86-45)34-52(73)37(3)22-23-47(68)41(7)51(72)31-49(70)36(2)21-24-48(69)42(8)60(81)85-58/h10-11,15-16,19-20,35-54,58-59,66-75,80,82H,12-14,17-18,21-34H2,1-9H3,(H,76,77)(H3,63,64,65)/b11-10+,19-15+,20-16+. The van der Waals surface area contributed by atoms with Gasteiger partial charge in [-0.1, -0.05) is 91.3 Å². The molecular formula is C62H109N3O21. The Hall–Kier alpha value is -4.15. The highest BCUT2D eigenvalue weighted by molar-refractivity contribution is 5.90. The second-order valence-corrected chi connectivity index (χ2v) is 24.9. The van der Waals surface area contributed by atoms with Crippen LogP contribution in [-0.2, 0) is 38.1 Å². The lowest BCUT2D eigenvalue weighted by atomic mass is 9.83. The fraction of sp³-hybridized carbons (Fsp3) is 0.823. The van der Waals surface area contributed by atoms with Crippen LogP contribution in [0.1, 0.15) is 171 Å². The number of carboxylic acid groups (broad SMARTS) is 1. The van der Waals surface area contributed by atoms with Crippen molar-refractivity contribution in [3.8, 4) is 0 Å². The summed E-state index contributed by atoms with van der Waals surface area (Å²) >= 11 is 0. The van der Waals surface area contributed by atoms with Crippen LogP contribution in [0.3, 0.4) is 0 Å². The van der Waals surface area contributed by atoms with Crippen LogP contribution in [0.4, 0.5) is 0 Å². The molecule has 0 aliphatic carbocycles. The lowest BCUT2D eigenvalue weighted by Gasteiger charge is -2.46. The molecule has 0 radical (unpaired) electrons. The largest absolute Gasteiger partial charge is 0.481 e. The van der Waals surface area contributed by atoms with Crippen molar-refractivity contribution in [2.45, 2.75) is 262 Å². The Morgan fingerprint density at radius 3 is 1.99 bits per heavy atom. The van der Waals surface area contributed by atoms with Crippen LogP contribution in [0.5, 0.6) is 0 Å². The number of carbonyl (C=O) groups excluding carboxylic acids is 3. The van der Waals surface area contributed by atoms with E-state index < -0.39 is 183 Å². The number of nitrogens with one attached hydrogen (secondary N) is 1. The van der Waals surface area contributed by atoms with E-state index in [9.17, 15) is 85.6 Å². The zero-order valence-electron chi connectivity index (χ0n) is 52.2. The Balaban J connectivity index is 2.51. The fourth-order valence-corrected chi connectivity index (χ4v) is 11.1. The van der Waals surface area contributed by atoms with Crippen LogP contribution < -0.4 is 11.1 Å². The Bertz CT molecular complexity index is 2100. The maximum atomic E-state index is 13.9. The van der Waals surface area contributed by atoms with Gasteiger partial charge in [-0.3, -0.25) is 24.2 Å². The molecule has 0 aromatic carbocycles. The normalized spacial score (nSPS) is 36.8. The molecule has 24 nitrogen and oxygen atoms in total. The predicted molar refractivity (Wildman–Crippen MR) is 319 cm³/mol. The molecule has 2 aliphatic rings. The monoisotopic (exact) mass is 1230 g/mol. The van der Waals surface area contributed by atoms with Crippen molar-refractivity contribution in [3.63, 3.8) is 0 Å². The number of aliphatic carboxylic acids is 1. The molecule has 2 rings (SSSR count). The maximum absolute atomic E-state index is 13.9. The molecule has 24 heteroatoms. The number of fused-ring (bicyclic) bond motifs is 2. The number of guanidine groups is 1. The average Bonchev–Trinajstić information content (AvgIpc) is 1.53. The number of rotatable bonds is 17. The molecule has 22 atom stereocenters. The summed E-state index contributed by atoms with van der Waals surface area (Å²) in [6.07, 6.45) is -7.22. The molecule has 16 N–H and O–H groups in total. The number of carboxylic acids is 1. The first-order valence-corrected chi connectivity index (χ1v) is 30.9. The maximum Gasteiger partial charge on any atom is 0.317 e. The molecule has 498 valence electrons. The number of aliphatic imine (C=N–C) groups is 1. The van der Waals surface area contributed by atoms with E-state index in [1.807, 2.05) is 19.9 Å². The van der Waals surface area contributed by atoms with E-state index in [0.717, 1.165) is 45.1 Å². The van der Waals surface area contributed by atoms with Crippen molar-refractivity contribution >= 4 is 29.8 Å². The van der Waals surface area contributed by atoms with E-state index in [2.05, 4.69) is 29.4 Å². The second-order valence-electron chi connectivity index (χ2n) is 24.9. The summed E-state index contributed by atoms with van der Waals surface area (Å²) in [5.41, 5.74) is 5.69. The van der Waals surface area contributed by atoms with Crippen LogP contribution >= 0.6 is 0 Å². The second kappa shape index (κ2) is 39.8. The third kappa shape index (κ3) is 29.0. The lowest BCUT2D eigenvalue weighted by molar-refractivity contribution is -0.334. The van der Waals surface area contributed by atoms with Gasteiger partial charge in [-0.2, -0.15) is 0 Å². The highest BCUT2D eigenvalue weighted by atomic mass is 16.7. The number of aliphatic hydroxyl groups excluding tert-OH is 10. The Labute approximate surface area is 508 Å². The summed E-state index contributed by atoms with van der Waals surface area (Å²) in [6.45, 7) is 14.8. The van der Waals surface area contributed by atoms with Crippen molar-refractivity contribution in [3.05, 3.63) is 36.5 Å². The van der Waals surface area contributed by atoms with Crippen molar-refractivity contribution in [2.75, 3.05) is 13.6 Å². The molecule has 0 aromatic heterocycles. The summed E-state index contributed by atoms with van der Waals surface area (Å²) in [5, 5.41) is 145. The Morgan fingerprint density at radius 1 is 0.756 bits per heavy atom. The van der Waals surface area contributed by atoms with Gasteiger partial charge < -0.3 is 96.4 Å². The Kier molecular flexibility index (Phi) is 36.0. The van der Waals surface area contributed by atoms with Crippen molar-refractivity contribution in [1.82, 2.24) is 5.32 Å². The molecule has 2 aliphatic heterocycles. The van der Waals surface area contributed by atoms with Gasteiger partial charge in [0, 0.05) is 57.0 Å². The highest BCUT2D eigenvalue weighted by Crippen LogP contribution is 2.38. The van der Waals surface area contributed by atoms with Gasteiger partial charge >= 0.3 is 23.9 Å². The highest BCUT2D eigenvalue weighted by Gasteiger charge is 2.52. The minimum atomic E-state index is -2.72. The summed E-state index contributed by atoms with van der Waals surface area (Å²) in [4.78, 5) is 54.7. The number of nitrogens with zero attached hydrogens (tertiary/aromatic N) is 1. The van der Waals surface area contributed by atoms with E-state index in [-0.39, 0.29) is 56.3 Å². The third-order valence-corrected chi connectivity index (χ3v) is 17.2. The summed E-state index contributed by atoms with van der Waals surface area (Å²) in [6, 6.07) is 0. The number of aliphatic hydroxyl groups is 12. The first-order valence-electron chi connectivity index (χ1n) is 30.9. The van der Waals surface area contributed by atoms with Gasteiger partial charge in [0.05, 0.1) is 67.3 Å². The van der Waals surface area contributed by atoms with Gasteiger partial charge in [0.1, 0.15) is 30.8 Å². The molecule has 86 heavy (non-hydrogen) atoms. The van der Waals surface area contributed by atoms with Gasteiger partial charge in [-0.15, -0.1) is 0 Å². The average molecular weight is 1230 g/mol. The number of unbranched alkanes of at least 4 members (excludes halogenated alkanes) is 2. The van der Waals surface area contributed by atoms with Gasteiger partial charge in [0.25, 0.3) is 0 Å². The van der Waals surface area contributed by atoms with Crippen LogP contribution in [0.25, 0.3) is 0 Å². The molecule has 0 saturated carbocycles. The topological polar surface area (TPSA) is 419 Å². The number of esters is 3. The number of ether oxygens (including phenoxy) is 4. The molecular weight excluding hydrogens is 1120 g/mol. The number of nitrogens with two attached hydrogens (primary N) is 1. The van der Waals surface area contributed by atoms with E-state index in [4.69, 9.17) is 24.7 Å². The van der Waals surface area contributed by atoms with E-state index in [1.54, 1.807) is 46.9 Å². The number of carbonyl (C=O) groups is 4. The van der Waals surface area contributed by atoms with E-state index in [0.29, 0.717) is 5.96 Å². The fourth-order valence-electron chi connectivity index (χ4n) is 11.1. The van der Waals surface area contributed by atoms with Crippen LogP contribution in [0, 0.1) is 47.3 Å². The first kappa shape index (κ1) is 77.9. The SMILES string of the molecule is CN=C(N)NCCC/C=C/CCCC(C)CC(C)C1OC(=O)C(C)C(O)CCC(C)C(O)CC(O)C(C)C(O)CCC(C)C(O)CC2(O)OC(CC(OC(=O)CC(O)O)CC(O)CC(O)C(C)C(O)/C=C/C=C/C1C)CC(OC(=O)CC(=O)O)C2O. The van der Waals surface area contributed by atoms with Gasteiger partial charge in [0.15, 0.2) is 18.0 Å². The van der Waals surface area contributed by atoms with Gasteiger partial charge in [-0.25, -0.2) is 0 Å². The van der Waals surface area contributed by atoms with Gasteiger partial charge in [-0.05, 0) is 101 Å². The number of cyclic esters (lactones) is 1. The van der Waals surface area contributed by atoms with Crippen LogP contribution in [0.15, 0.2) is 41.4 Å². The van der Waals surface area contributed by atoms with E-state index in [1.165, 1.54) is 13.0 Å². The number of hydrogen-bond acceptors (Lipinski definition) is 21. The molecule has 2 bridgehead atoms. The van der Waals surface area contributed by atoms with Crippen LogP contribution in [0.2, 0.25) is 0 Å². The number of allylic oxidation sites excluding steroid dienone is 4. The zero-order valence-corrected chi connectivity index (χ0v) is 52.2. The minimum absolute atomic E-state index is 0.0152. The quantitative estimate of drug-likeness (QED) is 0.0145.